The average molecular weight is 297 g/mol. The molecule has 1 fully saturated rings. The van der Waals surface area contributed by atoms with E-state index in [1.807, 2.05) is 23.7 Å². The Morgan fingerprint density at radius 2 is 2.18 bits per heavy atom. The van der Waals surface area contributed by atoms with Gasteiger partial charge in [0.2, 0.25) is 0 Å². The summed E-state index contributed by atoms with van der Waals surface area (Å²) in [5.74, 6) is 0.528. The molecule has 4 heterocycles. The highest BCUT2D eigenvalue weighted by atomic mass is 16.5. The largest absolute Gasteiger partial charge is 0.379 e. The van der Waals surface area contributed by atoms with Gasteiger partial charge in [0.15, 0.2) is 5.65 Å². The topological polar surface area (TPSA) is 85.7 Å². The maximum atomic E-state index is 12.4. The fourth-order valence-corrected chi connectivity index (χ4v) is 2.83. The van der Waals surface area contributed by atoms with Crippen molar-refractivity contribution in [2.24, 2.45) is 0 Å². The number of nitrogens with zero attached hydrogens (tertiary/aromatic N) is 4. The zero-order chi connectivity index (χ0) is 15.1. The highest BCUT2D eigenvalue weighted by Gasteiger charge is 2.24. The molecule has 7 heteroatoms. The summed E-state index contributed by atoms with van der Waals surface area (Å²) in [4.78, 5) is 23.9. The number of H-pyrrole nitrogens is 1. The number of hydrogen-bond donors (Lipinski definition) is 1. The Morgan fingerprint density at radius 1 is 1.36 bits per heavy atom. The van der Waals surface area contributed by atoms with E-state index < -0.39 is 0 Å². The van der Waals surface area contributed by atoms with Crippen molar-refractivity contribution in [1.29, 1.82) is 0 Å². The average Bonchev–Trinajstić information content (AvgIpc) is 3.16. The zero-order valence-electron chi connectivity index (χ0n) is 12.1. The molecule has 1 aliphatic heterocycles. The minimum atomic E-state index is -0.167. The molecule has 0 radical (unpaired) electrons. The van der Waals surface area contributed by atoms with E-state index in [0.717, 1.165) is 12.0 Å². The molecule has 0 saturated carbocycles. The first-order chi connectivity index (χ1) is 10.7. The number of hydrogen-bond acceptors (Lipinski definition) is 5. The zero-order valence-corrected chi connectivity index (χ0v) is 12.1. The van der Waals surface area contributed by atoms with E-state index in [4.69, 9.17) is 4.74 Å². The third-order valence-corrected chi connectivity index (χ3v) is 3.94. The highest BCUT2D eigenvalue weighted by molar-refractivity contribution is 5.79. The third-order valence-electron chi connectivity index (χ3n) is 3.94. The van der Waals surface area contributed by atoms with Crippen molar-refractivity contribution in [2.75, 3.05) is 13.2 Å². The van der Waals surface area contributed by atoms with Crippen LogP contribution >= 0.6 is 0 Å². The summed E-state index contributed by atoms with van der Waals surface area (Å²) in [5, 5.41) is 5.06. The molecule has 7 nitrogen and oxygen atoms in total. The van der Waals surface area contributed by atoms with Crippen LogP contribution in [-0.4, -0.2) is 37.9 Å². The van der Waals surface area contributed by atoms with Crippen LogP contribution in [0.25, 0.3) is 22.4 Å². The predicted molar refractivity (Wildman–Crippen MR) is 80.6 cm³/mol. The molecular formula is C15H15N5O2. The van der Waals surface area contributed by atoms with Gasteiger partial charge >= 0.3 is 0 Å². The SMILES string of the molecule is Cc1nn(C2CCOC2)c2nc(-c3ccncc3)[nH]c(=O)c12. The molecule has 1 unspecified atom stereocenters. The van der Waals surface area contributed by atoms with Gasteiger partial charge in [-0.3, -0.25) is 9.78 Å². The lowest BCUT2D eigenvalue weighted by Gasteiger charge is -2.09. The smallest absolute Gasteiger partial charge is 0.262 e. The Labute approximate surface area is 126 Å². The highest BCUT2D eigenvalue weighted by Crippen LogP contribution is 2.24. The summed E-state index contributed by atoms with van der Waals surface area (Å²) in [6, 6.07) is 3.77. The number of fused-ring (bicyclic) bond motifs is 1. The van der Waals surface area contributed by atoms with Gasteiger partial charge in [-0.05, 0) is 25.5 Å². The van der Waals surface area contributed by atoms with Crippen molar-refractivity contribution in [1.82, 2.24) is 24.7 Å². The summed E-state index contributed by atoms with van der Waals surface area (Å²) in [5.41, 5.74) is 1.96. The van der Waals surface area contributed by atoms with E-state index in [0.29, 0.717) is 35.8 Å². The van der Waals surface area contributed by atoms with Crippen molar-refractivity contribution in [3.8, 4) is 11.4 Å². The second-order valence-electron chi connectivity index (χ2n) is 5.40. The molecule has 0 amide bonds. The molecule has 1 aliphatic rings. The molecule has 1 atom stereocenters. The van der Waals surface area contributed by atoms with E-state index in [1.165, 1.54) is 0 Å². The lowest BCUT2D eigenvalue weighted by Crippen LogP contribution is -2.14. The second-order valence-corrected chi connectivity index (χ2v) is 5.40. The Hall–Kier alpha value is -2.54. The van der Waals surface area contributed by atoms with E-state index in [-0.39, 0.29) is 11.6 Å². The molecule has 0 bridgehead atoms. The molecule has 3 aromatic heterocycles. The lowest BCUT2D eigenvalue weighted by molar-refractivity contribution is 0.185. The third kappa shape index (κ3) is 2.01. The Balaban J connectivity index is 1.95. The molecule has 1 saturated heterocycles. The number of nitrogens with one attached hydrogen (secondary N) is 1. The molecule has 0 aliphatic carbocycles. The maximum absolute atomic E-state index is 12.4. The van der Waals surface area contributed by atoms with Crippen LogP contribution in [0.2, 0.25) is 0 Å². The molecule has 0 spiro atoms. The number of ether oxygens (including phenoxy) is 1. The van der Waals surface area contributed by atoms with Crippen LogP contribution in [0.4, 0.5) is 0 Å². The van der Waals surface area contributed by atoms with Crippen LogP contribution in [-0.2, 0) is 4.74 Å². The van der Waals surface area contributed by atoms with Crippen molar-refractivity contribution < 1.29 is 4.74 Å². The van der Waals surface area contributed by atoms with Crippen molar-refractivity contribution in [3.63, 3.8) is 0 Å². The number of aromatic amines is 1. The fraction of sp³-hybridized carbons (Fsp3) is 0.333. The lowest BCUT2D eigenvalue weighted by atomic mass is 10.2. The molecular weight excluding hydrogens is 282 g/mol. The van der Waals surface area contributed by atoms with Crippen LogP contribution in [0.5, 0.6) is 0 Å². The normalized spacial score (nSPS) is 18.1. The summed E-state index contributed by atoms with van der Waals surface area (Å²) < 4.78 is 7.26. The second kappa shape index (κ2) is 5.03. The molecule has 1 N–H and O–H groups in total. The minimum Gasteiger partial charge on any atom is -0.379 e. The fourth-order valence-electron chi connectivity index (χ4n) is 2.83. The Bertz CT molecular complexity index is 878. The van der Waals surface area contributed by atoms with Gasteiger partial charge in [-0.1, -0.05) is 0 Å². The molecule has 0 aromatic carbocycles. The van der Waals surface area contributed by atoms with E-state index in [2.05, 4.69) is 20.1 Å². The van der Waals surface area contributed by atoms with Gasteiger partial charge in [0.25, 0.3) is 5.56 Å². The standard InChI is InChI=1S/C15H15N5O2/c1-9-12-14(20(19-9)11-4-7-22-8-11)17-13(18-15(12)21)10-2-5-16-6-3-10/h2-3,5-6,11H,4,7-8H2,1H3,(H,17,18,21). The minimum absolute atomic E-state index is 0.135. The number of rotatable bonds is 2. The maximum Gasteiger partial charge on any atom is 0.262 e. The summed E-state index contributed by atoms with van der Waals surface area (Å²) >= 11 is 0. The van der Waals surface area contributed by atoms with E-state index in [9.17, 15) is 4.79 Å². The van der Waals surface area contributed by atoms with Crippen LogP contribution in [0.15, 0.2) is 29.3 Å². The van der Waals surface area contributed by atoms with Gasteiger partial charge in [0, 0.05) is 24.6 Å². The van der Waals surface area contributed by atoms with Crippen LogP contribution in [0.1, 0.15) is 18.2 Å². The molecule has 112 valence electrons. The first kappa shape index (κ1) is 13.1. The summed E-state index contributed by atoms with van der Waals surface area (Å²) in [6.07, 6.45) is 4.23. The van der Waals surface area contributed by atoms with Crippen molar-refractivity contribution in [3.05, 3.63) is 40.6 Å². The first-order valence-electron chi connectivity index (χ1n) is 7.21. The van der Waals surface area contributed by atoms with Crippen molar-refractivity contribution >= 4 is 11.0 Å². The van der Waals surface area contributed by atoms with Gasteiger partial charge in [-0.2, -0.15) is 5.10 Å². The van der Waals surface area contributed by atoms with Gasteiger partial charge in [0.1, 0.15) is 11.2 Å². The van der Waals surface area contributed by atoms with Crippen molar-refractivity contribution in [2.45, 2.75) is 19.4 Å². The van der Waals surface area contributed by atoms with E-state index in [1.54, 1.807) is 12.4 Å². The van der Waals surface area contributed by atoms with Gasteiger partial charge in [-0.15, -0.1) is 0 Å². The Morgan fingerprint density at radius 3 is 2.91 bits per heavy atom. The molecule has 3 aromatic rings. The first-order valence-corrected chi connectivity index (χ1v) is 7.21. The summed E-state index contributed by atoms with van der Waals surface area (Å²) in [7, 11) is 0. The number of pyridine rings is 1. The van der Waals surface area contributed by atoms with E-state index >= 15 is 0 Å². The number of aryl methyl sites for hydroxylation is 1. The van der Waals surface area contributed by atoms with Crippen LogP contribution < -0.4 is 5.56 Å². The Kier molecular flexibility index (Phi) is 3.00. The van der Waals surface area contributed by atoms with Gasteiger partial charge < -0.3 is 9.72 Å². The quantitative estimate of drug-likeness (QED) is 0.773. The molecule has 22 heavy (non-hydrogen) atoms. The van der Waals surface area contributed by atoms with Crippen LogP contribution in [0, 0.1) is 6.92 Å². The predicted octanol–water partition coefficient (Wildman–Crippen LogP) is 1.45. The van der Waals surface area contributed by atoms with Crippen LogP contribution in [0.3, 0.4) is 0 Å². The number of aromatic nitrogens is 5. The molecule has 4 rings (SSSR count). The summed E-state index contributed by atoms with van der Waals surface area (Å²) in [6.45, 7) is 3.15. The monoisotopic (exact) mass is 297 g/mol. The van der Waals surface area contributed by atoms with Gasteiger partial charge in [-0.25, -0.2) is 9.67 Å². The van der Waals surface area contributed by atoms with Gasteiger partial charge in [0.05, 0.1) is 18.3 Å².